The van der Waals surface area contributed by atoms with Crippen LogP contribution in [0.3, 0.4) is 0 Å². The maximum atomic E-state index is 12.8. The molecule has 2 aromatic rings. The summed E-state index contributed by atoms with van der Waals surface area (Å²) in [4.78, 5) is 47.0. The molecule has 1 aromatic heterocycles. The van der Waals surface area contributed by atoms with E-state index in [0.29, 0.717) is 11.6 Å². The molecule has 0 radical (unpaired) electrons. The zero-order valence-corrected chi connectivity index (χ0v) is 16.7. The maximum absolute atomic E-state index is 12.8. The van der Waals surface area contributed by atoms with Gasteiger partial charge in [0.25, 0.3) is 5.56 Å². The van der Waals surface area contributed by atoms with Crippen molar-refractivity contribution in [1.29, 1.82) is 0 Å². The monoisotopic (exact) mass is 445 g/mol. The Hall–Kier alpha value is -2.68. The highest BCUT2D eigenvalue weighted by atomic mass is 79.9. The van der Waals surface area contributed by atoms with Gasteiger partial charge in [-0.25, -0.2) is 0 Å². The van der Waals surface area contributed by atoms with Crippen molar-refractivity contribution < 1.29 is 9.59 Å². The summed E-state index contributed by atoms with van der Waals surface area (Å²) in [6.45, 7) is 1.62. The summed E-state index contributed by atoms with van der Waals surface area (Å²) in [5.74, 6) is -1.00. The molecule has 1 fully saturated rings. The largest absolute Gasteiger partial charge is 0.342 e. The van der Waals surface area contributed by atoms with Crippen molar-refractivity contribution in [2.24, 2.45) is 0 Å². The number of piperidine rings is 1. The predicted octanol–water partition coefficient (Wildman–Crippen LogP) is 2.59. The molecule has 1 aromatic carbocycles. The van der Waals surface area contributed by atoms with Crippen molar-refractivity contribution in [2.45, 2.75) is 31.6 Å². The molecular weight excluding hydrogens is 426 g/mol. The van der Waals surface area contributed by atoms with Gasteiger partial charge >= 0.3 is 0 Å². The van der Waals surface area contributed by atoms with Gasteiger partial charge in [-0.1, -0.05) is 15.9 Å². The summed E-state index contributed by atoms with van der Waals surface area (Å²) in [5, 5.41) is 5.43. The number of carbonyl (C=O) groups is 2. The number of halogens is 1. The minimum absolute atomic E-state index is 0.0941. The molecule has 1 unspecified atom stereocenters. The molecule has 3 heterocycles. The van der Waals surface area contributed by atoms with Crippen LogP contribution in [0.2, 0.25) is 0 Å². The van der Waals surface area contributed by atoms with Crippen LogP contribution in [-0.4, -0.2) is 34.9 Å². The van der Waals surface area contributed by atoms with Crippen molar-refractivity contribution in [3.8, 4) is 0 Å². The Morgan fingerprint density at radius 2 is 1.86 bits per heavy atom. The predicted molar refractivity (Wildman–Crippen MR) is 110 cm³/mol. The Morgan fingerprint density at radius 3 is 2.57 bits per heavy atom. The summed E-state index contributed by atoms with van der Waals surface area (Å²) < 4.78 is 0.888. The minimum Gasteiger partial charge on any atom is -0.342 e. The number of carbonyl (C=O) groups excluding carboxylic acids is 2. The fourth-order valence-corrected chi connectivity index (χ4v) is 3.87. The second kappa shape index (κ2) is 7.75. The summed E-state index contributed by atoms with van der Waals surface area (Å²) in [7, 11) is 0. The van der Waals surface area contributed by atoms with Crippen LogP contribution in [-0.2, 0) is 9.59 Å². The highest BCUT2D eigenvalue weighted by Crippen LogP contribution is 2.30. The van der Waals surface area contributed by atoms with Crippen LogP contribution in [0.4, 0.5) is 17.5 Å². The zero-order valence-electron chi connectivity index (χ0n) is 15.1. The van der Waals surface area contributed by atoms with E-state index in [1.807, 2.05) is 4.90 Å². The number of aromatic amines is 1. The van der Waals surface area contributed by atoms with Gasteiger partial charge in [-0.2, -0.15) is 4.98 Å². The molecule has 28 heavy (non-hydrogen) atoms. The molecule has 0 saturated carbocycles. The van der Waals surface area contributed by atoms with Crippen LogP contribution in [0.1, 0.15) is 37.2 Å². The van der Waals surface area contributed by atoms with Gasteiger partial charge in [0.15, 0.2) is 0 Å². The standard InChI is InChI=1S/C19H20BrN5O3/c20-11-4-6-12(7-5-11)21-17(27)13-10-14(26)22-16-15(13)18(28)24-19(23-16)25-8-2-1-3-9-25/h4-7,13H,1-3,8-10H2,(H,21,27)(H2,22,23,24,26,28). The fraction of sp³-hybridized carbons (Fsp3) is 0.368. The number of H-pyrrole nitrogens is 1. The van der Waals surface area contributed by atoms with Crippen LogP contribution >= 0.6 is 15.9 Å². The van der Waals surface area contributed by atoms with Crippen molar-refractivity contribution >= 4 is 45.2 Å². The average molecular weight is 446 g/mol. The summed E-state index contributed by atoms with van der Waals surface area (Å²) in [6, 6.07) is 7.09. The van der Waals surface area contributed by atoms with Crippen molar-refractivity contribution in [3.63, 3.8) is 0 Å². The average Bonchev–Trinajstić information content (AvgIpc) is 2.69. The van der Waals surface area contributed by atoms with E-state index in [9.17, 15) is 14.4 Å². The molecule has 2 amide bonds. The number of fused-ring (bicyclic) bond motifs is 1. The van der Waals surface area contributed by atoms with Crippen molar-refractivity contribution in [2.75, 3.05) is 28.6 Å². The smallest absolute Gasteiger partial charge is 0.258 e. The lowest BCUT2D eigenvalue weighted by Gasteiger charge is -2.29. The first kappa shape index (κ1) is 18.7. The van der Waals surface area contributed by atoms with Gasteiger partial charge in [0.1, 0.15) is 5.82 Å². The Morgan fingerprint density at radius 1 is 1.14 bits per heavy atom. The normalized spacial score (nSPS) is 19.0. The molecule has 146 valence electrons. The van der Waals surface area contributed by atoms with E-state index in [4.69, 9.17) is 0 Å². The lowest BCUT2D eigenvalue weighted by molar-refractivity contribution is -0.123. The molecular formula is C19H20BrN5O3. The molecule has 8 nitrogen and oxygen atoms in total. The Bertz CT molecular complexity index is 967. The SMILES string of the molecule is O=C1CC(C(=O)Nc2ccc(Br)cc2)c2c(nc(N3CCCCC3)[nH]c2=O)N1. The van der Waals surface area contributed by atoms with E-state index in [0.717, 1.165) is 36.8 Å². The van der Waals surface area contributed by atoms with Crippen LogP contribution in [0.25, 0.3) is 0 Å². The number of hydrogen-bond donors (Lipinski definition) is 3. The van der Waals surface area contributed by atoms with E-state index in [2.05, 4.69) is 36.5 Å². The molecule has 2 aliphatic heterocycles. The molecule has 9 heteroatoms. The molecule has 3 N–H and O–H groups in total. The quantitative estimate of drug-likeness (QED) is 0.672. The summed E-state index contributed by atoms with van der Waals surface area (Å²) in [6.07, 6.45) is 3.13. The Balaban J connectivity index is 1.64. The van der Waals surface area contributed by atoms with Gasteiger partial charge in [-0.3, -0.25) is 19.4 Å². The van der Waals surface area contributed by atoms with Crippen LogP contribution < -0.4 is 21.1 Å². The van der Waals surface area contributed by atoms with E-state index in [1.165, 1.54) is 0 Å². The first-order valence-corrected chi connectivity index (χ1v) is 10.1. The molecule has 2 aliphatic rings. The number of anilines is 3. The van der Waals surface area contributed by atoms with Gasteiger partial charge in [0.05, 0.1) is 11.5 Å². The van der Waals surface area contributed by atoms with E-state index in [-0.39, 0.29) is 29.3 Å². The number of nitrogens with zero attached hydrogens (tertiary/aromatic N) is 2. The third-order valence-electron chi connectivity index (χ3n) is 5.02. The number of amides is 2. The van der Waals surface area contributed by atoms with Crippen molar-refractivity contribution in [3.05, 3.63) is 44.7 Å². The van der Waals surface area contributed by atoms with E-state index < -0.39 is 11.8 Å². The van der Waals surface area contributed by atoms with Gasteiger partial charge in [0.2, 0.25) is 17.8 Å². The number of hydrogen-bond acceptors (Lipinski definition) is 5. The first-order valence-electron chi connectivity index (χ1n) is 9.27. The number of rotatable bonds is 3. The Labute approximate surface area is 169 Å². The van der Waals surface area contributed by atoms with Gasteiger partial charge < -0.3 is 15.5 Å². The lowest BCUT2D eigenvalue weighted by atomic mass is 9.92. The van der Waals surface area contributed by atoms with Crippen LogP contribution in [0.15, 0.2) is 33.5 Å². The Kier molecular flexibility index (Phi) is 5.17. The minimum atomic E-state index is -0.890. The molecule has 0 aliphatic carbocycles. The molecule has 1 saturated heterocycles. The second-order valence-electron chi connectivity index (χ2n) is 7.00. The highest BCUT2D eigenvalue weighted by Gasteiger charge is 2.35. The van der Waals surface area contributed by atoms with Crippen molar-refractivity contribution in [1.82, 2.24) is 9.97 Å². The lowest BCUT2D eigenvalue weighted by Crippen LogP contribution is -2.38. The molecule has 0 spiro atoms. The van der Waals surface area contributed by atoms with Gasteiger partial charge in [-0.15, -0.1) is 0 Å². The van der Waals surface area contributed by atoms with Crippen LogP contribution in [0.5, 0.6) is 0 Å². The van der Waals surface area contributed by atoms with E-state index in [1.54, 1.807) is 24.3 Å². The first-order chi connectivity index (χ1) is 13.5. The van der Waals surface area contributed by atoms with E-state index >= 15 is 0 Å². The van der Waals surface area contributed by atoms with Gasteiger partial charge in [0, 0.05) is 29.7 Å². The van der Waals surface area contributed by atoms with Crippen LogP contribution in [0, 0.1) is 0 Å². The summed E-state index contributed by atoms with van der Waals surface area (Å²) in [5.41, 5.74) is 0.409. The highest BCUT2D eigenvalue weighted by molar-refractivity contribution is 9.10. The third kappa shape index (κ3) is 3.80. The fourth-order valence-electron chi connectivity index (χ4n) is 3.60. The zero-order chi connectivity index (χ0) is 19.7. The topological polar surface area (TPSA) is 107 Å². The molecule has 4 rings (SSSR count). The number of benzene rings is 1. The molecule has 1 atom stereocenters. The summed E-state index contributed by atoms with van der Waals surface area (Å²) >= 11 is 3.34. The maximum Gasteiger partial charge on any atom is 0.258 e. The van der Waals surface area contributed by atoms with Gasteiger partial charge in [-0.05, 0) is 43.5 Å². The third-order valence-corrected chi connectivity index (χ3v) is 5.55. The second-order valence-corrected chi connectivity index (χ2v) is 7.92. The number of aromatic nitrogens is 2. The molecule has 0 bridgehead atoms. The number of nitrogens with one attached hydrogen (secondary N) is 3.